The van der Waals surface area contributed by atoms with Crippen LogP contribution < -0.4 is 10.1 Å². The van der Waals surface area contributed by atoms with Crippen LogP contribution in [0.2, 0.25) is 10.0 Å². The molecule has 0 unspecified atom stereocenters. The first-order valence-corrected chi connectivity index (χ1v) is 13.1. The van der Waals surface area contributed by atoms with Crippen LogP contribution in [0.1, 0.15) is 11.1 Å². The van der Waals surface area contributed by atoms with Crippen molar-refractivity contribution in [2.75, 3.05) is 11.9 Å². The second-order valence-electron chi connectivity index (χ2n) is 8.43. The van der Waals surface area contributed by atoms with Crippen LogP contribution in [-0.2, 0) is 16.1 Å². The summed E-state index contributed by atoms with van der Waals surface area (Å²) in [5, 5.41) is 5.37. The maximum atomic E-state index is 13.2. The van der Waals surface area contributed by atoms with Gasteiger partial charge in [0.25, 0.3) is 17.1 Å². The molecule has 38 heavy (non-hydrogen) atoms. The molecule has 0 radical (unpaired) electrons. The van der Waals surface area contributed by atoms with Crippen molar-refractivity contribution in [3.05, 3.63) is 111 Å². The lowest BCUT2D eigenvalue weighted by atomic mass is 10.0. The Morgan fingerprint density at radius 2 is 1.66 bits per heavy atom. The second-order valence-corrected chi connectivity index (χ2v) is 10.3. The van der Waals surface area contributed by atoms with Crippen LogP contribution in [0.15, 0.2) is 89.8 Å². The van der Waals surface area contributed by atoms with Crippen LogP contribution in [0, 0.1) is 0 Å². The van der Waals surface area contributed by atoms with Gasteiger partial charge in [-0.2, -0.15) is 0 Å². The summed E-state index contributed by atoms with van der Waals surface area (Å²) in [5.74, 6) is -0.426. The van der Waals surface area contributed by atoms with Crippen LogP contribution in [0.5, 0.6) is 5.75 Å². The highest BCUT2D eigenvalue weighted by atomic mass is 35.5. The standard InChI is InChI=1S/C29H20Cl2N2O4S/c30-21-8-11-23(12-9-21)32-27(34)17-37-25-13-10-22(31)14-20(25)15-26-28(35)33(29(36)38-26)16-19-6-3-5-18-4-1-2-7-24(18)19/h1-15H,16-17H2,(H,32,34)/b26-15-. The zero-order valence-electron chi connectivity index (χ0n) is 19.8. The van der Waals surface area contributed by atoms with Gasteiger partial charge in [-0.05, 0) is 76.6 Å². The molecule has 0 saturated carbocycles. The molecule has 0 atom stereocenters. The van der Waals surface area contributed by atoms with Crippen LogP contribution in [0.3, 0.4) is 0 Å². The summed E-state index contributed by atoms with van der Waals surface area (Å²) < 4.78 is 5.73. The molecule has 1 aliphatic heterocycles. The Morgan fingerprint density at radius 3 is 2.47 bits per heavy atom. The first kappa shape index (κ1) is 25.9. The summed E-state index contributed by atoms with van der Waals surface area (Å²) in [6, 6.07) is 25.2. The van der Waals surface area contributed by atoms with E-state index < -0.39 is 5.91 Å². The lowest BCUT2D eigenvalue weighted by Gasteiger charge is -2.14. The van der Waals surface area contributed by atoms with Gasteiger partial charge in [0.1, 0.15) is 5.75 Å². The molecular weight excluding hydrogens is 543 g/mol. The van der Waals surface area contributed by atoms with Gasteiger partial charge < -0.3 is 10.1 Å². The summed E-state index contributed by atoms with van der Waals surface area (Å²) in [4.78, 5) is 39.9. The largest absolute Gasteiger partial charge is 0.483 e. The van der Waals surface area contributed by atoms with Crippen molar-refractivity contribution in [1.82, 2.24) is 4.90 Å². The van der Waals surface area contributed by atoms with E-state index in [4.69, 9.17) is 27.9 Å². The van der Waals surface area contributed by atoms with E-state index in [2.05, 4.69) is 5.32 Å². The number of halogens is 2. The molecule has 1 saturated heterocycles. The van der Waals surface area contributed by atoms with E-state index >= 15 is 0 Å². The first-order chi connectivity index (χ1) is 18.4. The van der Waals surface area contributed by atoms with Gasteiger partial charge in [0.05, 0.1) is 11.4 Å². The molecule has 1 heterocycles. The molecule has 0 aliphatic carbocycles. The number of nitrogens with one attached hydrogen (secondary N) is 1. The highest BCUT2D eigenvalue weighted by Gasteiger charge is 2.35. The smallest absolute Gasteiger partial charge is 0.293 e. The molecule has 9 heteroatoms. The number of thioether (sulfide) groups is 1. The Hall–Kier alpha value is -3.78. The maximum absolute atomic E-state index is 13.2. The number of fused-ring (bicyclic) bond motifs is 1. The minimum Gasteiger partial charge on any atom is -0.483 e. The number of ether oxygens (including phenoxy) is 1. The third-order valence-electron chi connectivity index (χ3n) is 5.83. The molecule has 3 amide bonds. The van der Waals surface area contributed by atoms with Gasteiger partial charge in [0.15, 0.2) is 6.61 Å². The fraction of sp³-hybridized carbons (Fsp3) is 0.0690. The number of imide groups is 1. The zero-order chi connectivity index (χ0) is 26.6. The Morgan fingerprint density at radius 1 is 0.921 bits per heavy atom. The maximum Gasteiger partial charge on any atom is 0.293 e. The molecule has 1 N–H and O–H groups in total. The lowest BCUT2D eigenvalue weighted by Crippen LogP contribution is -2.27. The molecule has 4 aromatic rings. The van der Waals surface area contributed by atoms with E-state index in [0.29, 0.717) is 27.0 Å². The molecule has 0 spiro atoms. The number of hydrogen-bond donors (Lipinski definition) is 1. The number of hydrogen-bond acceptors (Lipinski definition) is 5. The number of amides is 3. The number of rotatable bonds is 7. The van der Waals surface area contributed by atoms with E-state index in [0.717, 1.165) is 28.1 Å². The van der Waals surface area contributed by atoms with Gasteiger partial charge in [-0.1, -0.05) is 65.7 Å². The number of benzene rings is 4. The fourth-order valence-corrected chi connectivity index (χ4v) is 5.15. The molecule has 0 aromatic heterocycles. The average molecular weight is 563 g/mol. The number of carbonyl (C=O) groups excluding carboxylic acids is 3. The van der Waals surface area contributed by atoms with E-state index in [1.165, 1.54) is 4.90 Å². The van der Waals surface area contributed by atoms with Crippen LogP contribution in [-0.4, -0.2) is 28.6 Å². The summed E-state index contributed by atoms with van der Waals surface area (Å²) >= 11 is 12.9. The summed E-state index contributed by atoms with van der Waals surface area (Å²) in [6.45, 7) is -0.110. The summed E-state index contributed by atoms with van der Waals surface area (Å²) in [6.07, 6.45) is 1.56. The minimum atomic E-state index is -0.403. The third kappa shape index (κ3) is 5.86. The van der Waals surface area contributed by atoms with Crippen molar-refractivity contribution in [3.8, 4) is 5.75 Å². The molecule has 4 aromatic carbocycles. The third-order valence-corrected chi connectivity index (χ3v) is 7.22. The zero-order valence-corrected chi connectivity index (χ0v) is 22.1. The highest BCUT2D eigenvalue weighted by molar-refractivity contribution is 8.18. The SMILES string of the molecule is O=C(COc1ccc(Cl)cc1/C=C1\SC(=O)N(Cc2cccc3ccccc23)C1=O)Nc1ccc(Cl)cc1. The monoisotopic (exact) mass is 562 g/mol. The Labute approximate surface area is 233 Å². The molecule has 6 nitrogen and oxygen atoms in total. The van der Waals surface area contributed by atoms with Gasteiger partial charge in [0, 0.05) is 21.3 Å². The Balaban J connectivity index is 1.32. The van der Waals surface area contributed by atoms with Crippen molar-refractivity contribution < 1.29 is 19.1 Å². The Kier molecular flexibility index (Phi) is 7.69. The van der Waals surface area contributed by atoms with Crippen molar-refractivity contribution in [3.63, 3.8) is 0 Å². The molecule has 0 bridgehead atoms. The van der Waals surface area contributed by atoms with Crippen molar-refractivity contribution in [2.24, 2.45) is 0 Å². The van der Waals surface area contributed by atoms with Crippen LogP contribution >= 0.6 is 35.0 Å². The van der Waals surface area contributed by atoms with Crippen molar-refractivity contribution in [2.45, 2.75) is 6.54 Å². The molecule has 1 aliphatic rings. The molecule has 1 fully saturated rings. The minimum absolute atomic E-state index is 0.160. The van der Waals surface area contributed by atoms with E-state index in [9.17, 15) is 14.4 Å². The summed E-state index contributed by atoms with van der Waals surface area (Å²) in [5.41, 5.74) is 1.94. The van der Waals surface area contributed by atoms with E-state index in [1.807, 2.05) is 42.5 Å². The summed E-state index contributed by atoms with van der Waals surface area (Å²) in [7, 11) is 0. The van der Waals surface area contributed by atoms with Crippen molar-refractivity contribution in [1.29, 1.82) is 0 Å². The van der Waals surface area contributed by atoms with Gasteiger partial charge in [0.2, 0.25) is 0 Å². The average Bonchev–Trinajstić information content (AvgIpc) is 3.17. The fourth-order valence-electron chi connectivity index (χ4n) is 4.02. The number of carbonyl (C=O) groups is 3. The Bertz CT molecular complexity index is 1580. The molecule has 5 rings (SSSR count). The molecule has 190 valence electrons. The number of anilines is 1. The van der Waals surface area contributed by atoms with Crippen molar-refractivity contribution >= 4 is 74.6 Å². The van der Waals surface area contributed by atoms with Gasteiger partial charge in [-0.3, -0.25) is 19.3 Å². The highest BCUT2D eigenvalue weighted by Crippen LogP contribution is 2.36. The van der Waals surface area contributed by atoms with E-state index in [-0.39, 0.29) is 29.2 Å². The normalized spacial score (nSPS) is 14.4. The van der Waals surface area contributed by atoms with Gasteiger partial charge in [-0.25, -0.2) is 0 Å². The molecular formula is C29H20Cl2N2O4S. The second kappa shape index (κ2) is 11.3. The van der Waals surface area contributed by atoms with Crippen LogP contribution in [0.4, 0.5) is 10.5 Å². The lowest BCUT2D eigenvalue weighted by molar-refractivity contribution is -0.123. The quantitative estimate of drug-likeness (QED) is 0.237. The first-order valence-electron chi connectivity index (χ1n) is 11.6. The van der Waals surface area contributed by atoms with E-state index in [1.54, 1.807) is 48.5 Å². The predicted octanol–water partition coefficient (Wildman–Crippen LogP) is 7.40. The van der Waals surface area contributed by atoms with Crippen LogP contribution in [0.25, 0.3) is 16.8 Å². The topological polar surface area (TPSA) is 75.7 Å². The van der Waals surface area contributed by atoms with Gasteiger partial charge >= 0.3 is 0 Å². The van der Waals surface area contributed by atoms with Gasteiger partial charge in [-0.15, -0.1) is 0 Å². The predicted molar refractivity (Wildman–Crippen MR) is 152 cm³/mol. The number of nitrogens with zero attached hydrogens (tertiary/aromatic N) is 1.